The molecule has 2 aliphatic rings. The first kappa shape index (κ1) is 13.1. The Morgan fingerprint density at radius 3 is 2.59 bits per heavy atom. The molecule has 0 aromatic heterocycles. The quantitative estimate of drug-likeness (QED) is 0.815. The molecule has 3 atom stereocenters. The van der Waals surface area contributed by atoms with Gasteiger partial charge in [0, 0.05) is 11.6 Å². The Balaban J connectivity index is 1.83. The zero-order valence-corrected chi connectivity index (χ0v) is 12.1. The van der Waals surface area contributed by atoms with E-state index < -0.39 is 5.97 Å². The zero-order valence-electron chi connectivity index (χ0n) is 12.1. The van der Waals surface area contributed by atoms with E-state index in [-0.39, 0.29) is 6.04 Å². The molecule has 2 N–H and O–H groups in total. The highest BCUT2D eigenvalue weighted by atomic mass is 16.4. The SMILES string of the molecule is O=C(O)c1ccccc1[C@@H]1Nc2ccccc2[C@H]2C=CC[C@H]21. The lowest BCUT2D eigenvalue weighted by atomic mass is 9.76. The van der Waals surface area contributed by atoms with Crippen LogP contribution in [0.5, 0.6) is 0 Å². The molecule has 0 bridgehead atoms. The number of allylic oxidation sites excluding steroid dienone is 2. The third kappa shape index (κ3) is 1.93. The Labute approximate surface area is 129 Å². The fourth-order valence-electron chi connectivity index (χ4n) is 3.81. The van der Waals surface area contributed by atoms with Crippen LogP contribution in [0.25, 0.3) is 0 Å². The number of fused-ring (bicyclic) bond motifs is 3. The van der Waals surface area contributed by atoms with Gasteiger partial charge in [-0.2, -0.15) is 0 Å². The van der Waals surface area contributed by atoms with Gasteiger partial charge < -0.3 is 10.4 Å². The molecular weight excluding hydrogens is 274 g/mol. The van der Waals surface area contributed by atoms with Crippen molar-refractivity contribution in [1.29, 1.82) is 0 Å². The maximum Gasteiger partial charge on any atom is 0.336 e. The van der Waals surface area contributed by atoms with E-state index in [0.717, 1.165) is 17.7 Å². The fraction of sp³-hybridized carbons (Fsp3) is 0.211. The first-order chi connectivity index (χ1) is 10.8. The molecule has 2 aromatic rings. The number of aromatic carboxylic acids is 1. The molecule has 1 aliphatic carbocycles. The van der Waals surface area contributed by atoms with Crippen molar-refractivity contribution in [3.63, 3.8) is 0 Å². The molecule has 1 heterocycles. The van der Waals surface area contributed by atoms with Gasteiger partial charge >= 0.3 is 5.97 Å². The number of hydrogen-bond donors (Lipinski definition) is 2. The van der Waals surface area contributed by atoms with E-state index in [9.17, 15) is 9.90 Å². The molecule has 1 aliphatic heterocycles. The second-order valence-electron chi connectivity index (χ2n) is 5.96. The van der Waals surface area contributed by atoms with Crippen molar-refractivity contribution in [2.75, 3.05) is 5.32 Å². The number of carbonyl (C=O) groups is 1. The van der Waals surface area contributed by atoms with Gasteiger partial charge in [0.25, 0.3) is 0 Å². The molecule has 3 nitrogen and oxygen atoms in total. The van der Waals surface area contributed by atoms with Crippen LogP contribution in [0, 0.1) is 5.92 Å². The molecule has 0 unspecified atom stereocenters. The topological polar surface area (TPSA) is 49.3 Å². The summed E-state index contributed by atoms with van der Waals surface area (Å²) >= 11 is 0. The van der Waals surface area contributed by atoms with E-state index in [1.54, 1.807) is 12.1 Å². The van der Waals surface area contributed by atoms with E-state index in [1.165, 1.54) is 5.56 Å². The monoisotopic (exact) mass is 291 g/mol. The number of carboxylic acids is 1. The maximum absolute atomic E-state index is 11.6. The van der Waals surface area contributed by atoms with E-state index in [0.29, 0.717) is 17.4 Å². The average molecular weight is 291 g/mol. The summed E-state index contributed by atoms with van der Waals surface area (Å²) in [5.74, 6) is -0.126. The van der Waals surface area contributed by atoms with E-state index in [1.807, 2.05) is 18.2 Å². The van der Waals surface area contributed by atoms with Crippen LogP contribution >= 0.6 is 0 Å². The lowest BCUT2D eigenvalue weighted by Crippen LogP contribution is -2.30. The van der Waals surface area contributed by atoms with Crippen molar-refractivity contribution in [3.05, 3.63) is 77.4 Å². The van der Waals surface area contributed by atoms with Gasteiger partial charge in [0.2, 0.25) is 0 Å². The molecule has 3 heteroatoms. The first-order valence-corrected chi connectivity index (χ1v) is 7.60. The summed E-state index contributed by atoms with van der Waals surface area (Å²) in [5, 5.41) is 13.1. The normalized spacial score (nSPS) is 25.2. The van der Waals surface area contributed by atoms with Crippen molar-refractivity contribution in [2.45, 2.75) is 18.4 Å². The zero-order chi connectivity index (χ0) is 15.1. The summed E-state index contributed by atoms with van der Waals surface area (Å²) < 4.78 is 0. The number of carboxylic acid groups (broad SMARTS) is 1. The predicted molar refractivity (Wildman–Crippen MR) is 86.2 cm³/mol. The van der Waals surface area contributed by atoms with Gasteiger partial charge in [0.15, 0.2) is 0 Å². The van der Waals surface area contributed by atoms with Gasteiger partial charge in [-0.25, -0.2) is 4.79 Å². The standard InChI is InChI=1S/C19H17NO2/c21-19(22)16-8-2-1-7-15(16)18-14-10-5-9-12(14)13-6-3-4-11-17(13)20-18/h1-9,11-12,14,18,20H,10H2,(H,21,22)/t12-,14-,18-/m1/s1. The minimum atomic E-state index is -0.862. The van der Waals surface area contributed by atoms with Crippen LogP contribution in [0.15, 0.2) is 60.7 Å². The summed E-state index contributed by atoms with van der Waals surface area (Å²) in [5.41, 5.74) is 3.69. The van der Waals surface area contributed by atoms with Crippen molar-refractivity contribution in [3.8, 4) is 0 Å². The Kier molecular flexibility index (Phi) is 3.00. The average Bonchev–Trinajstić information content (AvgIpc) is 3.04. The molecule has 4 rings (SSSR count). The first-order valence-electron chi connectivity index (χ1n) is 7.60. The number of nitrogens with one attached hydrogen (secondary N) is 1. The maximum atomic E-state index is 11.6. The van der Waals surface area contributed by atoms with Crippen LogP contribution in [0.1, 0.15) is 39.9 Å². The summed E-state index contributed by atoms with van der Waals surface area (Å²) in [6.45, 7) is 0. The van der Waals surface area contributed by atoms with Gasteiger partial charge in [-0.05, 0) is 35.6 Å². The van der Waals surface area contributed by atoms with Crippen LogP contribution in [-0.4, -0.2) is 11.1 Å². The highest BCUT2D eigenvalue weighted by Crippen LogP contribution is 2.50. The van der Waals surface area contributed by atoms with Crippen LogP contribution < -0.4 is 5.32 Å². The minimum Gasteiger partial charge on any atom is -0.478 e. The lowest BCUT2D eigenvalue weighted by Gasteiger charge is -2.38. The second kappa shape index (κ2) is 5.02. The van der Waals surface area contributed by atoms with E-state index in [2.05, 4.69) is 35.7 Å². The molecule has 0 saturated carbocycles. The largest absolute Gasteiger partial charge is 0.478 e. The summed E-state index contributed by atoms with van der Waals surface area (Å²) in [6.07, 6.45) is 5.46. The molecule has 0 spiro atoms. The third-order valence-electron chi connectivity index (χ3n) is 4.80. The fourth-order valence-corrected chi connectivity index (χ4v) is 3.81. The third-order valence-corrected chi connectivity index (χ3v) is 4.80. The van der Waals surface area contributed by atoms with Crippen LogP contribution in [0.3, 0.4) is 0 Å². The van der Waals surface area contributed by atoms with Crippen LogP contribution in [0.2, 0.25) is 0 Å². The Bertz CT molecular complexity index is 766. The molecule has 2 aromatic carbocycles. The van der Waals surface area contributed by atoms with E-state index in [4.69, 9.17) is 0 Å². The Morgan fingerprint density at radius 2 is 1.77 bits per heavy atom. The molecule has 0 amide bonds. The number of rotatable bonds is 2. The Hall–Kier alpha value is -2.55. The van der Waals surface area contributed by atoms with Crippen molar-refractivity contribution < 1.29 is 9.90 Å². The minimum absolute atomic E-state index is 0.0298. The molecular formula is C19H17NO2. The second-order valence-corrected chi connectivity index (χ2v) is 5.96. The van der Waals surface area contributed by atoms with E-state index >= 15 is 0 Å². The van der Waals surface area contributed by atoms with Crippen LogP contribution in [-0.2, 0) is 0 Å². The molecule has 0 fully saturated rings. The van der Waals surface area contributed by atoms with Crippen LogP contribution in [0.4, 0.5) is 5.69 Å². The smallest absolute Gasteiger partial charge is 0.336 e. The van der Waals surface area contributed by atoms with Gasteiger partial charge in [-0.1, -0.05) is 48.6 Å². The molecule has 0 radical (unpaired) electrons. The summed E-state index contributed by atoms with van der Waals surface area (Å²) in [6, 6.07) is 15.7. The van der Waals surface area contributed by atoms with Crippen molar-refractivity contribution in [2.24, 2.45) is 5.92 Å². The number of para-hydroxylation sites is 1. The lowest BCUT2D eigenvalue weighted by molar-refractivity contribution is 0.0694. The summed E-state index contributed by atoms with van der Waals surface area (Å²) in [7, 11) is 0. The Morgan fingerprint density at radius 1 is 1.05 bits per heavy atom. The van der Waals surface area contributed by atoms with Gasteiger partial charge in [-0.15, -0.1) is 0 Å². The highest BCUT2D eigenvalue weighted by Gasteiger charge is 2.38. The summed E-state index contributed by atoms with van der Waals surface area (Å²) in [4.78, 5) is 11.6. The molecule has 0 saturated heterocycles. The number of anilines is 1. The number of hydrogen-bond acceptors (Lipinski definition) is 2. The molecule has 22 heavy (non-hydrogen) atoms. The van der Waals surface area contributed by atoms with Gasteiger partial charge in [-0.3, -0.25) is 0 Å². The highest BCUT2D eigenvalue weighted by molar-refractivity contribution is 5.89. The van der Waals surface area contributed by atoms with Gasteiger partial charge in [0.1, 0.15) is 0 Å². The van der Waals surface area contributed by atoms with Crippen molar-refractivity contribution >= 4 is 11.7 Å². The van der Waals surface area contributed by atoms with Crippen molar-refractivity contribution in [1.82, 2.24) is 0 Å². The number of benzene rings is 2. The molecule has 110 valence electrons. The predicted octanol–water partition coefficient (Wildman–Crippen LogP) is 4.21. The van der Waals surface area contributed by atoms with Gasteiger partial charge in [0.05, 0.1) is 11.6 Å².